The van der Waals surface area contributed by atoms with Crippen LogP contribution in [0, 0.1) is 10.1 Å². The third-order valence-electron chi connectivity index (χ3n) is 3.24. The summed E-state index contributed by atoms with van der Waals surface area (Å²) in [6, 6.07) is 6.96. The second-order valence-corrected chi connectivity index (χ2v) is 5.39. The number of nitrogens with zero attached hydrogens (tertiary/aromatic N) is 2. The van der Waals surface area contributed by atoms with Crippen molar-refractivity contribution in [2.45, 2.75) is 18.9 Å². The summed E-state index contributed by atoms with van der Waals surface area (Å²) in [5.41, 5.74) is 1.96. The molecule has 1 unspecified atom stereocenters. The van der Waals surface area contributed by atoms with Crippen LogP contribution < -0.4 is 5.32 Å². The number of benzene rings is 1. The Kier molecular flexibility index (Phi) is 3.27. The van der Waals surface area contributed by atoms with E-state index in [1.807, 2.05) is 11.4 Å². The van der Waals surface area contributed by atoms with Crippen molar-refractivity contribution >= 4 is 17.0 Å². The Labute approximate surface area is 114 Å². The fraction of sp³-hybridized carbons (Fsp3) is 0.308. The number of nitro groups is 1. The molecule has 0 radical (unpaired) electrons. The molecule has 0 saturated carbocycles. The van der Waals surface area contributed by atoms with Gasteiger partial charge in [-0.15, -0.1) is 11.3 Å². The first-order valence-electron chi connectivity index (χ1n) is 6.17. The van der Waals surface area contributed by atoms with Crippen molar-refractivity contribution in [3.05, 3.63) is 45.5 Å². The molecule has 19 heavy (non-hydrogen) atoms. The molecular formula is C13H13N3O2S. The fourth-order valence-electron chi connectivity index (χ4n) is 2.27. The molecule has 1 saturated heterocycles. The van der Waals surface area contributed by atoms with Gasteiger partial charge in [-0.05, 0) is 19.4 Å². The lowest BCUT2D eigenvalue weighted by molar-refractivity contribution is -0.384. The summed E-state index contributed by atoms with van der Waals surface area (Å²) in [5, 5.41) is 17.1. The van der Waals surface area contributed by atoms with Gasteiger partial charge in [0.05, 0.1) is 16.7 Å². The van der Waals surface area contributed by atoms with Gasteiger partial charge in [0, 0.05) is 23.1 Å². The molecule has 0 bridgehead atoms. The van der Waals surface area contributed by atoms with Crippen molar-refractivity contribution in [1.29, 1.82) is 0 Å². The molecule has 0 spiro atoms. The SMILES string of the molecule is O=[N+]([O-])c1cccc(-c2nc(C3CCCN3)cs2)c1. The minimum Gasteiger partial charge on any atom is -0.309 e. The molecule has 2 heterocycles. The average molecular weight is 275 g/mol. The van der Waals surface area contributed by atoms with Crippen LogP contribution in [0.1, 0.15) is 24.6 Å². The van der Waals surface area contributed by atoms with Gasteiger partial charge < -0.3 is 5.32 Å². The van der Waals surface area contributed by atoms with E-state index in [1.54, 1.807) is 12.1 Å². The standard InChI is InChI=1S/C13H13N3O2S/c17-16(18)10-4-1-3-9(7-10)13-15-12(8-19-13)11-5-2-6-14-11/h1,3-4,7-8,11,14H,2,5-6H2. The molecule has 98 valence electrons. The molecule has 5 nitrogen and oxygen atoms in total. The lowest BCUT2D eigenvalue weighted by Crippen LogP contribution is -2.12. The van der Waals surface area contributed by atoms with Crippen molar-refractivity contribution < 1.29 is 4.92 Å². The molecule has 1 aromatic carbocycles. The molecule has 3 rings (SSSR count). The molecule has 0 aliphatic carbocycles. The van der Waals surface area contributed by atoms with Gasteiger partial charge in [-0.2, -0.15) is 0 Å². The molecule has 1 N–H and O–H groups in total. The second kappa shape index (κ2) is 5.07. The Morgan fingerprint density at radius 2 is 2.37 bits per heavy atom. The van der Waals surface area contributed by atoms with Crippen LogP contribution in [0.4, 0.5) is 5.69 Å². The molecule has 1 aliphatic heterocycles. The third-order valence-corrected chi connectivity index (χ3v) is 4.15. The maximum atomic E-state index is 10.8. The van der Waals surface area contributed by atoms with Crippen LogP contribution in [0.25, 0.3) is 10.6 Å². The van der Waals surface area contributed by atoms with Crippen LogP contribution in [0.15, 0.2) is 29.6 Å². The summed E-state index contributed by atoms with van der Waals surface area (Å²) >= 11 is 1.54. The smallest absolute Gasteiger partial charge is 0.270 e. The van der Waals surface area contributed by atoms with E-state index in [0.29, 0.717) is 6.04 Å². The minimum atomic E-state index is -0.378. The Bertz CT molecular complexity index is 605. The second-order valence-electron chi connectivity index (χ2n) is 4.53. The van der Waals surface area contributed by atoms with Crippen molar-refractivity contribution in [2.75, 3.05) is 6.54 Å². The molecular weight excluding hydrogens is 262 g/mol. The van der Waals surface area contributed by atoms with Crippen LogP contribution >= 0.6 is 11.3 Å². The Hall–Kier alpha value is -1.79. The zero-order valence-electron chi connectivity index (χ0n) is 10.2. The van der Waals surface area contributed by atoms with E-state index in [4.69, 9.17) is 0 Å². The number of thiazole rings is 1. The highest BCUT2D eigenvalue weighted by atomic mass is 32.1. The lowest BCUT2D eigenvalue weighted by Gasteiger charge is -2.04. The van der Waals surface area contributed by atoms with Crippen LogP contribution in [0.2, 0.25) is 0 Å². The van der Waals surface area contributed by atoms with E-state index in [0.717, 1.165) is 29.2 Å². The third kappa shape index (κ3) is 2.50. The van der Waals surface area contributed by atoms with Gasteiger partial charge in [0.25, 0.3) is 5.69 Å². The number of hydrogen-bond acceptors (Lipinski definition) is 5. The van der Waals surface area contributed by atoms with Gasteiger partial charge in [0.2, 0.25) is 0 Å². The monoisotopic (exact) mass is 275 g/mol. The van der Waals surface area contributed by atoms with Crippen molar-refractivity contribution in [3.63, 3.8) is 0 Å². The van der Waals surface area contributed by atoms with E-state index in [1.165, 1.54) is 23.8 Å². The molecule has 1 aromatic heterocycles. The molecule has 2 aromatic rings. The van der Waals surface area contributed by atoms with Crippen LogP contribution in [0.3, 0.4) is 0 Å². The summed E-state index contributed by atoms with van der Waals surface area (Å²) in [5.74, 6) is 0. The molecule has 1 aliphatic rings. The number of rotatable bonds is 3. The van der Waals surface area contributed by atoms with E-state index in [2.05, 4.69) is 10.3 Å². The Morgan fingerprint density at radius 3 is 3.11 bits per heavy atom. The van der Waals surface area contributed by atoms with Crippen molar-refractivity contribution in [2.24, 2.45) is 0 Å². The fourth-order valence-corrected chi connectivity index (χ4v) is 3.14. The molecule has 1 atom stereocenters. The normalized spacial score (nSPS) is 18.6. The maximum Gasteiger partial charge on any atom is 0.270 e. The van der Waals surface area contributed by atoms with Crippen molar-refractivity contribution in [3.8, 4) is 10.6 Å². The lowest BCUT2D eigenvalue weighted by atomic mass is 10.2. The number of nitrogens with one attached hydrogen (secondary N) is 1. The summed E-state index contributed by atoms with van der Waals surface area (Å²) in [7, 11) is 0. The first-order valence-corrected chi connectivity index (χ1v) is 7.05. The zero-order chi connectivity index (χ0) is 13.2. The number of non-ortho nitro benzene ring substituents is 1. The predicted molar refractivity (Wildman–Crippen MR) is 74.2 cm³/mol. The largest absolute Gasteiger partial charge is 0.309 e. The van der Waals surface area contributed by atoms with Gasteiger partial charge in [-0.25, -0.2) is 4.98 Å². The first-order chi connectivity index (χ1) is 9.24. The van der Waals surface area contributed by atoms with Crippen LogP contribution in [-0.2, 0) is 0 Å². The van der Waals surface area contributed by atoms with Crippen LogP contribution in [-0.4, -0.2) is 16.5 Å². The molecule has 1 fully saturated rings. The van der Waals surface area contributed by atoms with Crippen LogP contribution in [0.5, 0.6) is 0 Å². The van der Waals surface area contributed by atoms with Gasteiger partial charge in [-0.3, -0.25) is 10.1 Å². The summed E-state index contributed by atoms with van der Waals surface area (Å²) in [6.07, 6.45) is 2.28. The maximum absolute atomic E-state index is 10.8. The highest BCUT2D eigenvalue weighted by Gasteiger charge is 2.19. The number of hydrogen-bond donors (Lipinski definition) is 1. The van der Waals surface area contributed by atoms with Gasteiger partial charge in [0.1, 0.15) is 5.01 Å². The highest BCUT2D eigenvalue weighted by Crippen LogP contribution is 2.30. The Morgan fingerprint density at radius 1 is 1.47 bits per heavy atom. The summed E-state index contributed by atoms with van der Waals surface area (Å²) < 4.78 is 0. The Balaban J connectivity index is 1.89. The highest BCUT2D eigenvalue weighted by molar-refractivity contribution is 7.13. The predicted octanol–water partition coefficient (Wildman–Crippen LogP) is 3.14. The van der Waals surface area contributed by atoms with Crippen molar-refractivity contribution in [1.82, 2.24) is 10.3 Å². The summed E-state index contributed by atoms with van der Waals surface area (Å²) in [4.78, 5) is 15.0. The molecule has 6 heteroatoms. The van der Waals surface area contributed by atoms with E-state index >= 15 is 0 Å². The topological polar surface area (TPSA) is 68.1 Å². The zero-order valence-corrected chi connectivity index (χ0v) is 11.0. The van der Waals surface area contributed by atoms with Gasteiger partial charge >= 0.3 is 0 Å². The molecule has 0 amide bonds. The number of nitro benzene ring substituents is 1. The quantitative estimate of drug-likeness (QED) is 0.690. The average Bonchev–Trinajstić information content (AvgIpc) is 3.09. The minimum absolute atomic E-state index is 0.105. The number of aromatic nitrogens is 1. The summed E-state index contributed by atoms with van der Waals surface area (Å²) in [6.45, 7) is 1.04. The first kappa shape index (κ1) is 12.3. The van der Waals surface area contributed by atoms with Gasteiger partial charge in [-0.1, -0.05) is 12.1 Å². The van der Waals surface area contributed by atoms with E-state index < -0.39 is 0 Å². The van der Waals surface area contributed by atoms with E-state index in [9.17, 15) is 10.1 Å². The van der Waals surface area contributed by atoms with Gasteiger partial charge in [0.15, 0.2) is 0 Å². The van der Waals surface area contributed by atoms with E-state index in [-0.39, 0.29) is 10.6 Å².